The maximum atomic E-state index is 12.4. The molecule has 9 heteroatoms. The van der Waals surface area contributed by atoms with E-state index in [1.807, 2.05) is 19.1 Å². The number of nitrogens with one attached hydrogen (secondary N) is 1. The van der Waals surface area contributed by atoms with Gasteiger partial charge in [-0.3, -0.25) is 4.57 Å². The number of benzene rings is 1. The average molecular weight is 369 g/mol. The molecular weight excluding hydrogens is 354 g/mol. The van der Waals surface area contributed by atoms with Crippen molar-refractivity contribution in [3.63, 3.8) is 0 Å². The topological polar surface area (TPSA) is 124 Å². The van der Waals surface area contributed by atoms with Crippen LogP contribution in [0.15, 0.2) is 52.3 Å². The molecule has 26 heavy (non-hydrogen) atoms. The fourth-order valence-electron chi connectivity index (χ4n) is 2.94. The van der Waals surface area contributed by atoms with Crippen LogP contribution >= 0.6 is 0 Å². The van der Waals surface area contributed by atoms with Crippen LogP contribution in [0.1, 0.15) is 11.3 Å². The quantitative estimate of drug-likeness (QED) is 0.563. The Kier molecular flexibility index (Phi) is 3.63. The average Bonchev–Trinajstić information content (AvgIpc) is 2.90. The lowest BCUT2D eigenvalue weighted by Gasteiger charge is -2.07. The van der Waals surface area contributed by atoms with Gasteiger partial charge in [-0.2, -0.15) is 0 Å². The lowest BCUT2D eigenvalue weighted by molar-refractivity contribution is 0.597. The number of primary sulfonamides is 1. The van der Waals surface area contributed by atoms with Crippen LogP contribution < -0.4 is 10.8 Å². The van der Waals surface area contributed by atoms with E-state index in [1.54, 1.807) is 22.9 Å². The third kappa shape index (κ3) is 2.76. The lowest BCUT2D eigenvalue weighted by Crippen LogP contribution is -2.17. The minimum atomic E-state index is -3.75. The second-order valence-corrected chi connectivity index (χ2v) is 7.61. The molecule has 0 aliphatic heterocycles. The molecule has 3 N–H and O–H groups in total. The fraction of sp³-hybridized carbons (Fsp3) is 0.118. The maximum Gasteiger partial charge on any atom is 0.326 e. The first-order valence-corrected chi connectivity index (χ1v) is 9.34. The van der Waals surface area contributed by atoms with Gasteiger partial charge in [0.25, 0.3) is 0 Å². The minimum absolute atomic E-state index is 0.0295. The molecule has 0 aliphatic rings. The van der Waals surface area contributed by atoms with Crippen LogP contribution in [0.2, 0.25) is 0 Å². The van der Waals surface area contributed by atoms with E-state index in [0.717, 1.165) is 16.6 Å². The molecule has 3 aromatic heterocycles. The zero-order valence-corrected chi connectivity index (χ0v) is 14.6. The molecule has 3 heterocycles. The van der Waals surface area contributed by atoms with Crippen molar-refractivity contribution in [2.75, 3.05) is 0 Å². The number of pyridine rings is 2. The van der Waals surface area contributed by atoms with Crippen LogP contribution in [-0.2, 0) is 16.6 Å². The van der Waals surface area contributed by atoms with Gasteiger partial charge in [0, 0.05) is 11.1 Å². The number of sulfonamides is 1. The molecule has 4 rings (SSSR count). The number of nitrogens with zero attached hydrogens (tertiary/aromatic N) is 3. The highest BCUT2D eigenvalue weighted by Crippen LogP contribution is 2.21. The van der Waals surface area contributed by atoms with Crippen LogP contribution in [0.25, 0.3) is 22.1 Å². The smallest absolute Gasteiger partial charge is 0.304 e. The molecule has 8 nitrogen and oxygen atoms in total. The van der Waals surface area contributed by atoms with Crippen molar-refractivity contribution in [3.8, 4) is 0 Å². The summed E-state index contributed by atoms with van der Waals surface area (Å²) in [4.78, 5) is 23.9. The number of fused-ring (bicyclic) bond motifs is 3. The van der Waals surface area contributed by atoms with Crippen LogP contribution in [0.4, 0.5) is 0 Å². The molecule has 0 amide bonds. The number of hydrogen-bond acceptors (Lipinski definition) is 5. The van der Waals surface area contributed by atoms with Crippen LogP contribution in [0, 0.1) is 6.92 Å². The number of hydrogen-bond donors (Lipinski definition) is 2. The van der Waals surface area contributed by atoms with Crippen molar-refractivity contribution in [2.45, 2.75) is 18.4 Å². The highest BCUT2D eigenvalue weighted by Gasteiger charge is 2.13. The number of rotatable bonds is 3. The predicted octanol–water partition coefficient (Wildman–Crippen LogP) is 1.28. The Labute approximate surface area is 148 Å². The predicted molar refractivity (Wildman–Crippen MR) is 97.3 cm³/mol. The summed E-state index contributed by atoms with van der Waals surface area (Å²) in [6.07, 6.45) is 1.59. The molecule has 0 spiro atoms. The Morgan fingerprint density at radius 3 is 2.58 bits per heavy atom. The standard InChI is InChI=1S/C17H15N5O3S/c1-10-2-7-13-15-14(8-19-16(13)20-10)21-17(23)22(15)9-11-3-5-12(6-4-11)26(18,24)25/h2-8H,9H2,1H3,(H,21,23)(H2,18,24,25). The van der Waals surface area contributed by atoms with Gasteiger partial charge in [0.05, 0.1) is 28.7 Å². The van der Waals surface area contributed by atoms with E-state index in [2.05, 4.69) is 15.0 Å². The van der Waals surface area contributed by atoms with E-state index in [0.29, 0.717) is 16.7 Å². The molecule has 132 valence electrons. The molecule has 0 saturated heterocycles. The van der Waals surface area contributed by atoms with Crippen LogP contribution in [0.5, 0.6) is 0 Å². The fourth-order valence-corrected chi connectivity index (χ4v) is 3.46. The van der Waals surface area contributed by atoms with Crippen molar-refractivity contribution in [1.82, 2.24) is 19.5 Å². The van der Waals surface area contributed by atoms with Gasteiger partial charge in [0.2, 0.25) is 10.0 Å². The summed E-state index contributed by atoms with van der Waals surface area (Å²) in [6, 6.07) is 9.88. The van der Waals surface area contributed by atoms with Gasteiger partial charge in [-0.25, -0.2) is 28.3 Å². The molecule has 4 aromatic rings. The van der Waals surface area contributed by atoms with E-state index in [1.165, 1.54) is 12.1 Å². The molecule has 0 unspecified atom stereocenters. The summed E-state index contributed by atoms with van der Waals surface area (Å²) < 4.78 is 24.3. The Morgan fingerprint density at radius 1 is 1.15 bits per heavy atom. The second kappa shape index (κ2) is 5.75. The van der Waals surface area contributed by atoms with E-state index in [-0.39, 0.29) is 17.1 Å². The van der Waals surface area contributed by atoms with Gasteiger partial charge in [-0.15, -0.1) is 0 Å². The minimum Gasteiger partial charge on any atom is -0.304 e. The molecule has 0 saturated carbocycles. The Morgan fingerprint density at radius 2 is 1.88 bits per heavy atom. The monoisotopic (exact) mass is 369 g/mol. The summed E-state index contributed by atoms with van der Waals surface area (Å²) in [5.74, 6) is 0. The first kappa shape index (κ1) is 16.4. The van der Waals surface area contributed by atoms with Gasteiger partial charge in [0.1, 0.15) is 0 Å². The van der Waals surface area contributed by atoms with Gasteiger partial charge in [-0.05, 0) is 36.8 Å². The zero-order valence-electron chi connectivity index (χ0n) is 13.8. The van der Waals surface area contributed by atoms with Crippen LogP contribution in [-0.4, -0.2) is 27.9 Å². The highest BCUT2D eigenvalue weighted by atomic mass is 32.2. The largest absolute Gasteiger partial charge is 0.326 e. The number of nitrogens with two attached hydrogens (primary N) is 1. The maximum absolute atomic E-state index is 12.4. The van der Waals surface area contributed by atoms with Crippen molar-refractivity contribution in [1.29, 1.82) is 0 Å². The molecule has 0 aliphatic carbocycles. The summed E-state index contributed by atoms with van der Waals surface area (Å²) in [5, 5.41) is 5.88. The second-order valence-electron chi connectivity index (χ2n) is 6.05. The molecule has 0 fully saturated rings. The Bertz CT molecular complexity index is 1300. The van der Waals surface area contributed by atoms with Crippen LogP contribution in [0.3, 0.4) is 0 Å². The third-order valence-electron chi connectivity index (χ3n) is 4.19. The van der Waals surface area contributed by atoms with E-state index in [9.17, 15) is 13.2 Å². The molecule has 0 bridgehead atoms. The van der Waals surface area contributed by atoms with E-state index in [4.69, 9.17) is 5.14 Å². The lowest BCUT2D eigenvalue weighted by atomic mass is 10.2. The first-order valence-electron chi connectivity index (χ1n) is 7.79. The number of aromatic amines is 1. The van der Waals surface area contributed by atoms with E-state index < -0.39 is 10.0 Å². The van der Waals surface area contributed by atoms with Gasteiger partial charge >= 0.3 is 5.69 Å². The summed E-state index contributed by atoms with van der Waals surface area (Å²) in [6.45, 7) is 2.15. The Balaban J connectivity index is 1.86. The first-order chi connectivity index (χ1) is 12.3. The summed E-state index contributed by atoms with van der Waals surface area (Å²) in [5.41, 5.74) is 3.23. The van der Waals surface area contributed by atoms with Gasteiger partial charge in [-0.1, -0.05) is 12.1 Å². The molecular formula is C17H15N5O3S. The Hall–Kier alpha value is -3.04. The van der Waals surface area contributed by atoms with E-state index >= 15 is 0 Å². The van der Waals surface area contributed by atoms with Gasteiger partial charge < -0.3 is 4.98 Å². The van der Waals surface area contributed by atoms with Crippen molar-refractivity contribution in [3.05, 3.63) is 64.3 Å². The number of H-pyrrole nitrogens is 1. The molecule has 1 aromatic carbocycles. The highest BCUT2D eigenvalue weighted by molar-refractivity contribution is 7.89. The number of aromatic nitrogens is 4. The SMILES string of the molecule is Cc1ccc2c(ncc3[nH]c(=O)n(Cc4ccc(S(N)(=O)=O)cc4)c32)n1. The van der Waals surface area contributed by atoms with Crippen molar-refractivity contribution >= 4 is 32.1 Å². The molecule has 0 atom stereocenters. The van der Waals surface area contributed by atoms with Crippen molar-refractivity contribution < 1.29 is 8.42 Å². The summed E-state index contributed by atoms with van der Waals surface area (Å²) in [7, 11) is -3.75. The van der Waals surface area contributed by atoms with Crippen molar-refractivity contribution in [2.24, 2.45) is 5.14 Å². The number of imidazole rings is 1. The van der Waals surface area contributed by atoms with Gasteiger partial charge in [0.15, 0.2) is 5.65 Å². The molecule has 0 radical (unpaired) electrons. The number of aryl methyl sites for hydroxylation is 1. The summed E-state index contributed by atoms with van der Waals surface area (Å²) >= 11 is 0. The zero-order chi connectivity index (χ0) is 18.5. The normalized spacial score (nSPS) is 12.1. The third-order valence-corrected chi connectivity index (χ3v) is 5.12.